The second-order valence-electron chi connectivity index (χ2n) is 3.65. The molecule has 0 bridgehead atoms. The van der Waals surface area contributed by atoms with Gasteiger partial charge in [-0.1, -0.05) is 12.1 Å². The zero-order valence-corrected chi connectivity index (χ0v) is 10.0. The van der Waals surface area contributed by atoms with Crippen LogP contribution in [0.15, 0.2) is 34.9 Å². The second kappa shape index (κ2) is 4.58. The maximum absolute atomic E-state index is 5.68. The summed E-state index contributed by atoms with van der Waals surface area (Å²) < 4.78 is 5.34. The molecule has 0 saturated heterocycles. The third kappa shape index (κ3) is 2.19. The molecule has 0 aliphatic rings. The Hall–Kier alpha value is -1.48. The van der Waals surface area contributed by atoms with E-state index in [1.807, 2.05) is 24.1 Å². The Balaban J connectivity index is 2.27. The van der Waals surface area contributed by atoms with Crippen LogP contribution in [0.3, 0.4) is 0 Å². The molecule has 1 aromatic carbocycles. The third-order valence-electron chi connectivity index (χ3n) is 2.35. The standard InChI is InChI=1S/C12H13ClN2O/c1-9-4-3-5-11(6-9)15(2)12-14-10(7-13)8-16-12/h3-6,8H,7H2,1-2H3. The lowest BCUT2D eigenvalue weighted by atomic mass is 10.2. The lowest BCUT2D eigenvalue weighted by molar-refractivity contribution is 0.560. The largest absolute Gasteiger partial charge is 0.431 e. The second-order valence-corrected chi connectivity index (χ2v) is 3.92. The molecule has 0 unspecified atom stereocenters. The van der Waals surface area contributed by atoms with Crippen LogP contribution in [0.1, 0.15) is 11.3 Å². The van der Waals surface area contributed by atoms with E-state index in [0.717, 1.165) is 11.4 Å². The number of hydrogen-bond acceptors (Lipinski definition) is 3. The van der Waals surface area contributed by atoms with E-state index >= 15 is 0 Å². The van der Waals surface area contributed by atoms with Crippen LogP contribution in [-0.4, -0.2) is 12.0 Å². The number of oxazole rings is 1. The average molecular weight is 237 g/mol. The molecule has 0 fully saturated rings. The Labute approximate surface area is 99.7 Å². The molecule has 4 heteroatoms. The van der Waals surface area contributed by atoms with Gasteiger partial charge in [0, 0.05) is 12.7 Å². The van der Waals surface area contributed by atoms with Gasteiger partial charge in [0.25, 0.3) is 0 Å². The summed E-state index contributed by atoms with van der Waals surface area (Å²) in [5.41, 5.74) is 2.99. The van der Waals surface area contributed by atoms with E-state index in [1.165, 1.54) is 5.56 Å². The van der Waals surface area contributed by atoms with Crippen LogP contribution in [0.25, 0.3) is 0 Å². The van der Waals surface area contributed by atoms with E-state index in [4.69, 9.17) is 16.0 Å². The number of alkyl halides is 1. The summed E-state index contributed by atoms with van der Waals surface area (Å²) in [5, 5.41) is 0. The molecule has 2 aromatic rings. The first-order valence-corrected chi connectivity index (χ1v) is 5.55. The fourth-order valence-electron chi connectivity index (χ4n) is 1.46. The Morgan fingerprint density at radius 2 is 2.25 bits per heavy atom. The Morgan fingerprint density at radius 3 is 2.88 bits per heavy atom. The van der Waals surface area contributed by atoms with Gasteiger partial charge < -0.3 is 4.42 Å². The average Bonchev–Trinajstić information content (AvgIpc) is 2.76. The number of nitrogens with zero attached hydrogens (tertiary/aromatic N) is 2. The number of halogens is 1. The molecule has 16 heavy (non-hydrogen) atoms. The lowest BCUT2D eigenvalue weighted by Crippen LogP contribution is -2.09. The van der Waals surface area contributed by atoms with Gasteiger partial charge >= 0.3 is 6.01 Å². The highest BCUT2D eigenvalue weighted by atomic mass is 35.5. The SMILES string of the molecule is Cc1cccc(N(C)c2nc(CCl)co2)c1. The molecule has 2 rings (SSSR count). The highest BCUT2D eigenvalue weighted by Gasteiger charge is 2.10. The molecule has 0 saturated carbocycles. The molecule has 1 aromatic heterocycles. The number of aryl methyl sites for hydroxylation is 1. The Morgan fingerprint density at radius 1 is 1.44 bits per heavy atom. The van der Waals surface area contributed by atoms with Crippen molar-refractivity contribution in [3.8, 4) is 0 Å². The predicted molar refractivity (Wildman–Crippen MR) is 65.3 cm³/mol. The molecule has 0 spiro atoms. The number of benzene rings is 1. The molecular formula is C12H13ClN2O. The number of aromatic nitrogens is 1. The van der Waals surface area contributed by atoms with Gasteiger partial charge in [0.1, 0.15) is 6.26 Å². The van der Waals surface area contributed by atoms with E-state index in [-0.39, 0.29) is 0 Å². The van der Waals surface area contributed by atoms with Crippen molar-refractivity contribution in [1.29, 1.82) is 0 Å². The maximum atomic E-state index is 5.68. The topological polar surface area (TPSA) is 29.3 Å². The quantitative estimate of drug-likeness (QED) is 0.764. The zero-order chi connectivity index (χ0) is 11.5. The number of anilines is 2. The summed E-state index contributed by atoms with van der Waals surface area (Å²) in [6.45, 7) is 2.05. The predicted octanol–water partition coefficient (Wildman–Crippen LogP) is 3.49. The highest BCUT2D eigenvalue weighted by Crippen LogP contribution is 2.23. The van der Waals surface area contributed by atoms with Crippen LogP contribution in [0.5, 0.6) is 0 Å². The van der Waals surface area contributed by atoms with Crippen LogP contribution < -0.4 is 4.90 Å². The smallest absolute Gasteiger partial charge is 0.301 e. The van der Waals surface area contributed by atoms with Gasteiger partial charge in [0.2, 0.25) is 0 Å². The van der Waals surface area contributed by atoms with Crippen molar-refractivity contribution in [2.24, 2.45) is 0 Å². The number of rotatable bonds is 3. The van der Waals surface area contributed by atoms with Gasteiger partial charge in [0.05, 0.1) is 11.6 Å². The van der Waals surface area contributed by atoms with Crippen molar-refractivity contribution in [3.63, 3.8) is 0 Å². The van der Waals surface area contributed by atoms with Crippen molar-refractivity contribution in [2.45, 2.75) is 12.8 Å². The molecular weight excluding hydrogens is 224 g/mol. The van der Waals surface area contributed by atoms with Gasteiger partial charge in [-0.15, -0.1) is 11.6 Å². The van der Waals surface area contributed by atoms with Crippen LogP contribution in [0.2, 0.25) is 0 Å². The van der Waals surface area contributed by atoms with E-state index in [0.29, 0.717) is 11.9 Å². The van der Waals surface area contributed by atoms with Crippen molar-refractivity contribution < 1.29 is 4.42 Å². The minimum absolute atomic E-state index is 0.366. The first-order valence-electron chi connectivity index (χ1n) is 5.01. The summed E-state index contributed by atoms with van der Waals surface area (Å²) in [7, 11) is 1.92. The maximum Gasteiger partial charge on any atom is 0.301 e. The van der Waals surface area contributed by atoms with Crippen molar-refractivity contribution in [3.05, 3.63) is 41.8 Å². The summed E-state index contributed by atoms with van der Waals surface area (Å²) in [6, 6.07) is 8.70. The monoisotopic (exact) mass is 236 g/mol. The minimum atomic E-state index is 0.366. The van der Waals surface area contributed by atoms with E-state index < -0.39 is 0 Å². The van der Waals surface area contributed by atoms with Gasteiger partial charge in [-0.2, -0.15) is 4.98 Å². The van der Waals surface area contributed by atoms with Gasteiger partial charge in [0.15, 0.2) is 0 Å². The van der Waals surface area contributed by atoms with Crippen LogP contribution in [-0.2, 0) is 5.88 Å². The summed E-state index contributed by atoms with van der Waals surface area (Å²) in [6.07, 6.45) is 1.58. The lowest BCUT2D eigenvalue weighted by Gasteiger charge is -2.14. The molecule has 0 aliphatic heterocycles. The van der Waals surface area contributed by atoms with Crippen LogP contribution >= 0.6 is 11.6 Å². The molecule has 0 aliphatic carbocycles. The summed E-state index contributed by atoms with van der Waals surface area (Å²) >= 11 is 5.68. The fourth-order valence-corrected chi connectivity index (χ4v) is 1.58. The molecule has 3 nitrogen and oxygen atoms in total. The summed E-state index contributed by atoms with van der Waals surface area (Å²) in [4.78, 5) is 6.15. The first kappa shape index (κ1) is 11.0. The minimum Gasteiger partial charge on any atom is -0.431 e. The van der Waals surface area contributed by atoms with Crippen LogP contribution in [0.4, 0.5) is 11.7 Å². The fraction of sp³-hybridized carbons (Fsp3) is 0.250. The van der Waals surface area contributed by atoms with Gasteiger partial charge in [-0.25, -0.2) is 0 Å². The third-order valence-corrected chi connectivity index (χ3v) is 2.63. The van der Waals surface area contributed by atoms with E-state index in [2.05, 4.69) is 24.0 Å². The normalized spacial score (nSPS) is 10.4. The zero-order valence-electron chi connectivity index (χ0n) is 9.27. The van der Waals surface area contributed by atoms with E-state index in [9.17, 15) is 0 Å². The number of hydrogen-bond donors (Lipinski definition) is 0. The van der Waals surface area contributed by atoms with Crippen molar-refractivity contribution >= 4 is 23.3 Å². The molecule has 0 N–H and O–H groups in total. The van der Waals surface area contributed by atoms with Crippen molar-refractivity contribution in [1.82, 2.24) is 4.98 Å². The Bertz CT molecular complexity index is 481. The molecule has 0 radical (unpaired) electrons. The van der Waals surface area contributed by atoms with Crippen molar-refractivity contribution in [2.75, 3.05) is 11.9 Å². The Kier molecular flexibility index (Phi) is 3.15. The summed E-state index contributed by atoms with van der Waals surface area (Å²) in [5.74, 6) is 0.366. The van der Waals surface area contributed by atoms with Gasteiger partial charge in [-0.05, 0) is 24.6 Å². The molecule has 0 amide bonds. The first-order chi connectivity index (χ1) is 7.70. The van der Waals surface area contributed by atoms with Gasteiger partial charge in [-0.3, -0.25) is 4.90 Å². The highest BCUT2D eigenvalue weighted by molar-refractivity contribution is 6.16. The molecule has 1 heterocycles. The molecule has 84 valence electrons. The molecule has 0 atom stereocenters. The van der Waals surface area contributed by atoms with E-state index in [1.54, 1.807) is 6.26 Å². The van der Waals surface area contributed by atoms with Crippen LogP contribution in [0, 0.1) is 6.92 Å².